The first kappa shape index (κ1) is 29.9. The number of benzene rings is 3. The second-order valence-electron chi connectivity index (χ2n) is 8.87. The van der Waals surface area contributed by atoms with Gasteiger partial charge in [0.05, 0.1) is 28.3 Å². The molecule has 208 valence electrons. The zero-order chi connectivity index (χ0) is 28.6. The number of aryl methyl sites for hydroxylation is 1. The number of ether oxygens (including phenoxy) is 2. The van der Waals surface area contributed by atoms with Crippen LogP contribution in [-0.4, -0.2) is 25.1 Å². The predicted octanol–water partition coefficient (Wildman–Crippen LogP) is 10.3. The molecule has 0 bridgehead atoms. The van der Waals surface area contributed by atoms with Crippen LogP contribution in [0.2, 0.25) is 0 Å². The minimum absolute atomic E-state index is 0.154. The third kappa shape index (κ3) is 6.78. The Labute approximate surface area is 251 Å². The van der Waals surface area contributed by atoms with Crippen LogP contribution in [0.25, 0.3) is 30.3 Å². The number of hydrogen-bond acceptors (Lipinski definition) is 7. The standard InChI is InChI=1S/C12H12O2S.C10H9ClOS.C10H10OS/c1-3-10(13)9-6-8-4-5-15-12(8)11(7-9)14-2;1-12-9-5-7(6-11)4-8-2-3-13-10(8)9;1-2-7-5-8-3-4-12-10(8)9(11)6-7/h4-7H,3H2,1-2H3;2-5H,6H2,1H3;3-6,11H,2H2,1H3. The Kier molecular flexibility index (Phi) is 10.5. The minimum Gasteiger partial charge on any atom is -0.506 e. The molecule has 40 heavy (non-hydrogen) atoms. The van der Waals surface area contributed by atoms with E-state index >= 15 is 0 Å². The fourth-order valence-corrected chi connectivity index (χ4v) is 6.92. The molecule has 0 atom stereocenters. The first-order chi connectivity index (χ1) is 19.4. The number of Topliss-reactive ketones (excluding diaryl/α,β-unsaturated/α-hetero) is 1. The first-order valence-corrected chi connectivity index (χ1v) is 16.0. The lowest BCUT2D eigenvalue weighted by Crippen LogP contribution is -1.97. The van der Waals surface area contributed by atoms with Gasteiger partial charge in [0.1, 0.15) is 17.2 Å². The molecule has 0 aliphatic carbocycles. The molecule has 0 amide bonds. The Hall–Kier alpha value is -3.10. The monoisotopic (exact) mass is 610 g/mol. The Morgan fingerprint density at radius 2 is 1.27 bits per heavy atom. The van der Waals surface area contributed by atoms with Crippen molar-refractivity contribution in [3.05, 3.63) is 87.4 Å². The number of fused-ring (bicyclic) bond motifs is 3. The third-order valence-corrected chi connectivity index (χ3v) is 9.48. The van der Waals surface area contributed by atoms with E-state index in [-0.39, 0.29) is 5.78 Å². The summed E-state index contributed by atoms with van der Waals surface area (Å²) in [7, 11) is 3.32. The zero-order valence-corrected chi connectivity index (χ0v) is 26.0. The molecule has 6 rings (SSSR count). The Morgan fingerprint density at radius 3 is 1.82 bits per heavy atom. The molecular formula is C32H31ClO4S3. The molecule has 0 fully saturated rings. The van der Waals surface area contributed by atoms with Crippen molar-refractivity contribution in [2.45, 2.75) is 32.6 Å². The van der Waals surface area contributed by atoms with Gasteiger partial charge in [-0.25, -0.2) is 0 Å². The van der Waals surface area contributed by atoms with E-state index in [1.54, 1.807) is 48.2 Å². The molecule has 0 saturated carbocycles. The van der Waals surface area contributed by atoms with Gasteiger partial charge in [0.25, 0.3) is 0 Å². The largest absolute Gasteiger partial charge is 0.506 e. The van der Waals surface area contributed by atoms with Gasteiger partial charge in [-0.15, -0.1) is 45.6 Å². The molecule has 8 heteroatoms. The number of ketones is 1. The smallest absolute Gasteiger partial charge is 0.162 e. The summed E-state index contributed by atoms with van der Waals surface area (Å²) >= 11 is 10.7. The molecule has 4 nitrogen and oxygen atoms in total. The van der Waals surface area contributed by atoms with Crippen LogP contribution in [0.4, 0.5) is 0 Å². The summed E-state index contributed by atoms with van der Waals surface area (Å²) in [5, 5.41) is 19.1. The van der Waals surface area contributed by atoms with E-state index in [1.807, 2.05) is 54.1 Å². The maximum absolute atomic E-state index is 11.6. The summed E-state index contributed by atoms with van der Waals surface area (Å²) in [5.74, 6) is 2.81. The molecule has 0 spiro atoms. The van der Waals surface area contributed by atoms with Crippen LogP contribution in [0.3, 0.4) is 0 Å². The highest BCUT2D eigenvalue weighted by molar-refractivity contribution is 7.18. The molecule has 0 aliphatic heterocycles. The van der Waals surface area contributed by atoms with Gasteiger partial charge < -0.3 is 14.6 Å². The van der Waals surface area contributed by atoms with Gasteiger partial charge in [-0.1, -0.05) is 19.9 Å². The number of halogens is 1. The van der Waals surface area contributed by atoms with Gasteiger partial charge in [-0.3, -0.25) is 4.79 Å². The third-order valence-electron chi connectivity index (χ3n) is 6.33. The molecular weight excluding hydrogens is 580 g/mol. The SMILES string of the molecule is CCC(=O)c1cc(OC)c2sccc2c1.CCc1cc(O)c2sccc2c1.COc1cc(CCl)cc2ccsc12. The molecule has 1 N–H and O–H groups in total. The number of phenolic OH excluding ortho intramolecular Hbond substituents is 1. The lowest BCUT2D eigenvalue weighted by molar-refractivity contribution is 0.0988. The number of hydrogen-bond donors (Lipinski definition) is 1. The van der Waals surface area contributed by atoms with Crippen molar-refractivity contribution in [2.75, 3.05) is 14.2 Å². The minimum atomic E-state index is 0.154. The topological polar surface area (TPSA) is 55.8 Å². The highest BCUT2D eigenvalue weighted by atomic mass is 35.5. The number of alkyl halides is 1. The van der Waals surface area contributed by atoms with Crippen LogP contribution < -0.4 is 9.47 Å². The van der Waals surface area contributed by atoms with Gasteiger partial charge >= 0.3 is 0 Å². The van der Waals surface area contributed by atoms with Gasteiger partial charge in [0.15, 0.2) is 5.78 Å². The van der Waals surface area contributed by atoms with Crippen LogP contribution in [-0.2, 0) is 12.3 Å². The average Bonchev–Trinajstić information content (AvgIpc) is 3.77. The van der Waals surface area contributed by atoms with Gasteiger partial charge in [-0.2, -0.15) is 0 Å². The van der Waals surface area contributed by atoms with Crippen LogP contribution in [0.1, 0.15) is 41.8 Å². The second-order valence-corrected chi connectivity index (χ2v) is 11.9. The van der Waals surface area contributed by atoms with Crippen molar-refractivity contribution in [3.63, 3.8) is 0 Å². The Bertz CT molecular complexity index is 1730. The van der Waals surface area contributed by atoms with E-state index in [9.17, 15) is 9.90 Å². The number of carbonyl (C=O) groups is 1. The Morgan fingerprint density at radius 1 is 0.750 bits per heavy atom. The lowest BCUT2D eigenvalue weighted by atomic mass is 10.1. The second kappa shape index (κ2) is 14.0. The zero-order valence-electron chi connectivity index (χ0n) is 22.8. The van der Waals surface area contributed by atoms with Crippen molar-refractivity contribution in [3.8, 4) is 17.2 Å². The summed E-state index contributed by atoms with van der Waals surface area (Å²) in [6, 6.07) is 18.0. The molecule has 3 heterocycles. The molecule has 3 aromatic carbocycles. The van der Waals surface area contributed by atoms with Crippen LogP contribution >= 0.6 is 45.6 Å². The van der Waals surface area contributed by atoms with Crippen molar-refractivity contribution in [1.82, 2.24) is 0 Å². The van der Waals surface area contributed by atoms with Crippen LogP contribution in [0.15, 0.2) is 70.7 Å². The highest BCUT2D eigenvalue weighted by Gasteiger charge is 2.10. The van der Waals surface area contributed by atoms with Crippen molar-refractivity contribution < 1.29 is 19.4 Å². The fraction of sp³-hybridized carbons (Fsp3) is 0.219. The van der Waals surface area contributed by atoms with Gasteiger partial charge in [0.2, 0.25) is 0 Å². The van der Waals surface area contributed by atoms with E-state index in [0.29, 0.717) is 18.1 Å². The van der Waals surface area contributed by atoms with Crippen molar-refractivity contribution in [1.29, 1.82) is 0 Å². The maximum atomic E-state index is 11.6. The molecule has 0 saturated heterocycles. The van der Waals surface area contributed by atoms with Gasteiger partial charge in [-0.05, 0) is 98.4 Å². The maximum Gasteiger partial charge on any atom is 0.162 e. The van der Waals surface area contributed by atoms with E-state index < -0.39 is 0 Å². The summed E-state index contributed by atoms with van der Waals surface area (Å²) in [6.45, 7) is 3.96. The molecule has 0 unspecified atom stereocenters. The van der Waals surface area contributed by atoms with Crippen LogP contribution in [0.5, 0.6) is 17.2 Å². The van der Waals surface area contributed by atoms with E-state index in [4.69, 9.17) is 21.1 Å². The van der Waals surface area contributed by atoms with Crippen molar-refractivity contribution >= 4 is 81.7 Å². The average molecular weight is 611 g/mol. The number of aromatic hydroxyl groups is 1. The first-order valence-electron chi connectivity index (χ1n) is 12.8. The summed E-state index contributed by atoms with van der Waals surface area (Å²) in [6.07, 6.45) is 1.50. The lowest BCUT2D eigenvalue weighted by Gasteiger charge is -2.04. The predicted molar refractivity (Wildman–Crippen MR) is 174 cm³/mol. The molecule has 0 aliphatic rings. The van der Waals surface area contributed by atoms with E-state index in [0.717, 1.165) is 49.2 Å². The quantitative estimate of drug-likeness (QED) is 0.150. The van der Waals surface area contributed by atoms with E-state index in [2.05, 4.69) is 30.5 Å². The van der Waals surface area contributed by atoms with Gasteiger partial charge in [0, 0.05) is 17.9 Å². The normalized spacial score (nSPS) is 10.6. The van der Waals surface area contributed by atoms with Crippen LogP contribution in [0, 0.1) is 0 Å². The number of thiophene rings is 3. The summed E-state index contributed by atoms with van der Waals surface area (Å²) in [4.78, 5) is 11.6. The molecule has 3 aromatic heterocycles. The number of phenols is 1. The summed E-state index contributed by atoms with van der Waals surface area (Å²) < 4.78 is 13.8. The molecule has 0 radical (unpaired) electrons. The summed E-state index contributed by atoms with van der Waals surface area (Å²) in [5.41, 5.74) is 3.03. The van der Waals surface area contributed by atoms with E-state index in [1.165, 1.54) is 15.6 Å². The highest BCUT2D eigenvalue weighted by Crippen LogP contribution is 2.34. The Balaban J connectivity index is 0.000000140. The number of carbonyl (C=O) groups excluding carboxylic acids is 1. The number of rotatable bonds is 6. The number of methoxy groups -OCH3 is 2. The van der Waals surface area contributed by atoms with Crippen molar-refractivity contribution in [2.24, 2.45) is 0 Å². The molecule has 6 aromatic rings. The fourth-order valence-electron chi connectivity index (χ4n) is 4.23.